The largest absolute Gasteiger partial charge is 0.317 e. The van der Waals surface area contributed by atoms with Crippen molar-refractivity contribution in [1.29, 1.82) is 0 Å². The summed E-state index contributed by atoms with van der Waals surface area (Å²) < 4.78 is 0. The molecule has 1 aromatic carbocycles. The molecule has 1 aliphatic rings. The Kier molecular flexibility index (Phi) is 5.22. The van der Waals surface area contributed by atoms with Crippen LogP contribution in [-0.4, -0.2) is 31.6 Å². The van der Waals surface area contributed by atoms with Gasteiger partial charge in [-0.25, -0.2) is 0 Å². The number of benzene rings is 1. The standard InChI is InChI=1S/C18H30N2/c1-18(2,3)17-7-5-15(6-8-17)13-20(4)14-16-9-11-19-12-10-16/h5-8,16,19H,9-14H2,1-4H3. The first-order chi connectivity index (χ1) is 9.45. The Bertz CT molecular complexity index is 396. The zero-order chi connectivity index (χ0) is 14.6. The second-order valence-electron chi connectivity index (χ2n) is 7.34. The van der Waals surface area contributed by atoms with Crippen LogP contribution in [0.25, 0.3) is 0 Å². The van der Waals surface area contributed by atoms with Gasteiger partial charge in [0.1, 0.15) is 0 Å². The molecule has 0 amide bonds. The molecule has 1 fully saturated rings. The third kappa shape index (κ3) is 4.60. The lowest BCUT2D eigenvalue weighted by molar-refractivity contribution is 0.234. The van der Waals surface area contributed by atoms with Crippen molar-refractivity contribution < 1.29 is 0 Å². The van der Waals surface area contributed by atoms with Crippen LogP contribution >= 0.6 is 0 Å². The van der Waals surface area contributed by atoms with Crippen LogP contribution < -0.4 is 5.32 Å². The van der Waals surface area contributed by atoms with E-state index in [-0.39, 0.29) is 5.41 Å². The van der Waals surface area contributed by atoms with Crippen molar-refractivity contribution in [2.24, 2.45) is 5.92 Å². The molecule has 1 N–H and O–H groups in total. The van der Waals surface area contributed by atoms with Crippen LogP contribution in [0.3, 0.4) is 0 Å². The molecule has 1 saturated heterocycles. The summed E-state index contributed by atoms with van der Waals surface area (Å²) >= 11 is 0. The fourth-order valence-electron chi connectivity index (χ4n) is 2.99. The van der Waals surface area contributed by atoms with Crippen molar-refractivity contribution in [3.8, 4) is 0 Å². The van der Waals surface area contributed by atoms with Gasteiger partial charge in [-0.3, -0.25) is 0 Å². The maximum Gasteiger partial charge on any atom is 0.0230 e. The van der Waals surface area contributed by atoms with E-state index in [9.17, 15) is 0 Å². The average Bonchev–Trinajstić information content (AvgIpc) is 2.39. The molecule has 0 spiro atoms. The lowest BCUT2D eigenvalue weighted by Gasteiger charge is -2.27. The Labute approximate surface area is 124 Å². The molecular formula is C18H30N2. The molecule has 1 aliphatic heterocycles. The molecule has 2 rings (SSSR count). The van der Waals surface area contributed by atoms with Crippen LogP contribution in [0, 0.1) is 5.92 Å². The molecular weight excluding hydrogens is 244 g/mol. The summed E-state index contributed by atoms with van der Waals surface area (Å²) in [6, 6.07) is 9.15. The van der Waals surface area contributed by atoms with Crippen molar-refractivity contribution >= 4 is 0 Å². The van der Waals surface area contributed by atoms with E-state index in [0.29, 0.717) is 0 Å². The molecule has 0 aliphatic carbocycles. The minimum atomic E-state index is 0.250. The first kappa shape index (κ1) is 15.5. The summed E-state index contributed by atoms with van der Waals surface area (Å²) in [4.78, 5) is 2.47. The molecule has 0 atom stereocenters. The topological polar surface area (TPSA) is 15.3 Å². The van der Waals surface area contributed by atoms with Crippen molar-refractivity contribution in [2.45, 2.75) is 45.6 Å². The number of hydrogen-bond acceptors (Lipinski definition) is 2. The predicted octanol–water partition coefficient (Wildman–Crippen LogP) is 3.42. The molecule has 1 aromatic rings. The molecule has 2 nitrogen and oxygen atoms in total. The molecule has 0 unspecified atom stereocenters. The van der Waals surface area contributed by atoms with Gasteiger partial charge in [0.15, 0.2) is 0 Å². The molecule has 0 aromatic heterocycles. The van der Waals surface area contributed by atoms with Crippen molar-refractivity contribution in [3.63, 3.8) is 0 Å². The Hall–Kier alpha value is -0.860. The minimum Gasteiger partial charge on any atom is -0.317 e. The van der Waals surface area contributed by atoms with Gasteiger partial charge in [0, 0.05) is 13.1 Å². The van der Waals surface area contributed by atoms with E-state index in [4.69, 9.17) is 0 Å². The van der Waals surface area contributed by atoms with Crippen LogP contribution in [-0.2, 0) is 12.0 Å². The first-order valence-electron chi connectivity index (χ1n) is 7.94. The highest BCUT2D eigenvalue weighted by Gasteiger charge is 2.16. The van der Waals surface area contributed by atoms with E-state index >= 15 is 0 Å². The van der Waals surface area contributed by atoms with Gasteiger partial charge in [-0.15, -0.1) is 0 Å². The van der Waals surface area contributed by atoms with Crippen LogP contribution in [0.2, 0.25) is 0 Å². The highest BCUT2D eigenvalue weighted by atomic mass is 15.1. The Morgan fingerprint density at radius 2 is 1.70 bits per heavy atom. The number of hydrogen-bond donors (Lipinski definition) is 1. The second-order valence-corrected chi connectivity index (χ2v) is 7.34. The summed E-state index contributed by atoms with van der Waals surface area (Å²) in [5.74, 6) is 0.870. The van der Waals surface area contributed by atoms with E-state index in [0.717, 1.165) is 12.5 Å². The fraction of sp³-hybridized carbons (Fsp3) is 0.667. The van der Waals surface area contributed by atoms with Crippen molar-refractivity contribution in [1.82, 2.24) is 10.2 Å². The maximum absolute atomic E-state index is 3.44. The monoisotopic (exact) mass is 274 g/mol. The first-order valence-corrected chi connectivity index (χ1v) is 7.94. The molecule has 0 radical (unpaired) electrons. The SMILES string of the molecule is CN(Cc1ccc(C(C)(C)C)cc1)CC1CCNCC1. The van der Waals surface area contributed by atoms with Gasteiger partial charge in [-0.1, -0.05) is 45.0 Å². The van der Waals surface area contributed by atoms with Gasteiger partial charge in [-0.05, 0) is 55.4 Å². The Morgan fingerprint density at radius 1 is 1.10 bits per heavy atom. The quantitative estimate of drug-likeness (QED) is 0.905. The van der Waals surface area contributed by atoms with Crippen LogP contribution in [0.1, 0.15) is 44.7 Å². The summed E-state index contributed by atoms with van der Waals surface area (Å²) in [6.45, 7) is 11.5. The van der Waals surface area contributed by atoms with Gasteiger partial charge >= 0.3 is 0 Å². The smallest absolute Gasteiger partial charge is 0.0230 e. The van der Waals surface area contributed by atoms with Crippen molar-refractivity contribution in [3.05, 3.63) is 35.4 Å². The number of rotatable bonds is 4. The lowest BCUT2D eigenvalue weighted by Crippen LogP contribution is -2.34. The van der Waals surface area contributed by atoms with Crippen LogP contribution in [0.5, 0.6) is 0 Å². The molecule has 2 heteroatoms. The summed E-state index contributed by atoms with van der Waals surface area (Å²) in [6.07, 6.45) is 2.65. The average molecular weight is 274 g/mol. The molecule has 20 heavy (non-hydrogen) atoms. The van der Waals surface area contributed by atoms with Crippen molar-refractivity contribution in [2.75, 3.05) is 26.7 Å². The van der Waals surface area contributed by atoms with Gasteiger partial charge in [0.05, 0.1) is 0 Å². The molecule has 112 valence electrons. The normalized spacial score (nSPS) is 17.6. The Balaban J connectivity index is 1.86. The lowest BCUT2D eigenvalue weighted by atomic mass is 9.87. The van der Waals surface area contributed by atoms with Crippen LogP contribution in [0.4, 0.5) is 0 Å². The number of nitrogens with zero attached hydrogens (tertiary/aromatic N) is 1. The van der Waals surface area contributed by atoms with Crippen LogP contribution in [0.15, 0.2) is 24.3 Å². The van der Waals surface area contributed by atoms with E-state index < -0.39 is 0 Å². The summed E-state index contributed by atoms with van der Waals surface area (Å²) in [5.41, 5.74) is 3.09. The van der Waals surface area contributed by atoms with E-state index in [1.165, 1.54) is 43.6 Å². The Morgan fingerprint density at radius 3 is 2.25 bits per heavy atom. The van der Waals surface area contributed by atoms with E-state index in [1.54, 1.807) is 0 Å². The highest BCUT2D eigenvalue weighted by molar-refractivity contribution is 5.27. The highest BCUT2D eigenvalue weighted by Crippen LogP contribution is 2.22. The number of nitrogens with one attached hydrogen (secondary N) is 1. The fourth-order valence-corrected chi connectivity index (χ4v) is 2.99. The third-order valence-corrected chi connectivity index (χ3v) is 4.30. The van der Waals surface area contributed by atoms with Gasteiger partial charge < -0.3 is 10.2 Å². The number of piperidine rings is 1. The van der Waals surface area contributed by atoms with Gasteiger partial charge in [0.2, 0.25) is 0 Å². The van der Waals surface area contributed by atoms with E-state index in [2.05, 4.69) is 62.3 Å². The second kappa shape index (κ2) is 6.73. The molecule has 1 heterocycles. The maximum atomic E-state index is 3.44. The van der Waals surface area contributed by atoms with Gasteiger partial charge in [0.25, 0.3) is 0 Å². The van der Waals surface area contributed by atoms with Gasteiger partial charge in [-0.2, -0.15) is 0 Å². The summed E-state index contributed by atoms with van der Waals surface area (Å²) in [7, 11) is 2.25. The zero-order valence-corrected chi connectivity index (χ0v) is 13.6. The predicted molar refractivity (Wildman–Crippen MR) is 87.1 cm³/mol. The zero-order valence-electron chi connectivity index (χ0n) is 13.6. The summed E-state index contributed by atoms with van der Waals surface area (Å²) in [5, 5.41) is 3.44. The minimum absolute atomic E-state index is 0.250. The molecule has 0 bridgehead atoms. The molecule has 0 saturated carbocycles. The third-order valence-electron chi connectivity index (χ3n) is 4.30. The van der Waals surface area contributed by atoms with E-state index in [1.807, 2.05) is 0 Å².